The van der Waals surface area contributed by atoms with Gasteiger partial charge >= 0.3 is 0 Å². The Kier molecular flexibility index (Phi) is 2.30. The van der Waals surface area contributed by atoms with Crippen molar-refractivity contribution in [1.29, 1.82) is 0 Å². The first-order valence-electron chi connectivity index (χ1n) is 5.87. The van der Waals surface area contributed by atoms with Crippen molar-refractivity contribution < 1.29 is 4.79 Å². The first-order chi connectivity index (χ1) is 8.70. The summed E-state index contributed by atoms with van der Waals surface area (Å²) in [6, 6.07) is 15.2. The SMILES string of the molecule is C=C1c2c(N)cccc2C(=O)C1c1ccccc1. The number of hydrogen-bond acceptors (Lipinski definition) is 2. The van der Waals surface area contributed by atoms with Crippen molar-refractivity contribution in [1.82, 2.24) is 0 Å². The Hall–Kier alpha value is -2.35. The maximum atomic E-state index is 12.4. The summed E-state index contributed by atoms with van der Waals surface area (Å²) < 4.78 is 0. The van der Waals surface area contributed by atoms with Crippen LogP contribution in [0.5, 0.6) is 0 Å². The Morgan fingerprint density at radius 1 is 1.00 bits per heavy atom. The minimum Gasteiger partial charge on any atom is -0.398 e. The van der Waals surface area contributed by atoms with Crippen molar-refractivity contribution in [2.24, 2.45) is 0 Å². The van der Waals surface area contributed by atoms with Crippen molar-refractivity contribution in [3.8, 4) is 0 Å². The lowest BCUT2D eigenvalue weighted by atomic mass is 9.92. The summed E-state index contributed by atoms with van der Waals surface area (Å²) in [5.74, 6) is -0.195. The van der Waals surface area contributed by atoms with Crippen LogP contribution in [0.1, 0.15) is 27.4 Å². The molecule has 1 atom stereocenters. The molecule has 2 aromatic rings. The third-order valence-corrected chi connectivity index (χ3v) is 3.43. The van der Waals surface area contributed by atoms with Gasteiger partial charge in [0.05, 0.1) is 5.92 Å². The second kappa shape index (κ2) is 3.84. The molecule has 2 nitrogen and oxygen atoms in total. The molecule has 0 saturated carbocycles. The van der Waals surface area contributed by atoms with Crippen LogP contribution in [0.4, 0.5) is 5.69 Å². The van der Waals surface area contributed by atoms with Gasteiger partial charge in [0, 0.05) is 16.8 Å². The number of ketones is 1. The summed E-state index contributed by atoms with van der Waals surface area (Å²) in [5, 5.41) is 0. The number of allylic oxidation sites excluding steroid dienone is 1. The quantitative estimate of drug-likeness (QED) is 0.771. The first-order valence-corrected chi connectivity index (χ1v) is 5.87. The third kappa shape index (κ3) is 1.39. The topological polar surface area (TPSA) is 43.1 Å². The minimum atomic E-state index is -0.286. The van der Waals surface area contributed by atoms with E-state index >= 15 is 0 Å². The van der Waals surface area contributed by atoms with E-state index in [-0.39, 0.29) is 11.7 Å². The number of hydrogen-bond donors (Lipinski definition) is 1. The van der Waals surface area contributed by atoms with Crippen molar-refractivity contribution >= 4 is 17.0 Å². The molecule has 1 unspecified atom stereocenters. The number of rotatable bonds is 1. The molecule has 1 aliphatic carbocycles. The molecular weight excluding hydrogens is 222 g/mol. The summed E-state index contributed by atoms with van der Waals surface area (Å²) in [4.78, 5) is 12.4. The standard InChI is InChI=1S/C16H13NO/c1-10-14(11-6-3-2-4-7-11)16(18)12-8-5-9-13(17)15(10)12/h2-9,14H,1,17H2. The monoisotopic (exact) mass is 235 g/mol. The largest absolute Gasteiger partial charge is 0.398 e. The normalized spacial score (nSPS) is 17.9. The van der Waals surface area contributed by atoms with Gasteiger partial charge in [-0.15, -0.1) is 0 Å². The van der Waals surface area contributed by atoms with Gasteiger partial charge < -0.3 is 5.73 Å². The van der Waals surface area contributed by atoms with Gasteiger partial charge in [0.2, 0.25) is 0 Å². The average Bonchev–Trinajstić information content (AvgIpc) is 2.64. The fraction of sp³-hybridized carbons (Fsp3) is 0.0625. The lowest BCUT2D eigenvalue weighted by Gasteiger charge is -2.10. The second-order valence-corrected chi connectivity index (χ2v) is 4.50. The number of nitrogens with two attached hydrogens (primary N) is 1. The summed E-state index contributed by atoms with van der Waals surface area (Å²) in [6.45, 7) is 4.06. The fourth-order valence-corrected chi connectivity index (χ4v) is 2.59. The molecule has 0 bridgehead atoms. The van der Waals surface area contributed by atoms with Crippen molar-refractivity contribution in [3.63, 3.8) is 0 Å². The van der Waals surface area contributed by atoms with Crippen LogP contribution in [-0.2, 0) is 0 Å². The van der Waals surface area contributed by atoms with Crippen LogP contribution in [0, 0.1) is 0 Å². The predicted octanol–water partition coefficient (Wildman–Crippen LogP) is 3.26. The highest BCUT2D eigenvalue weighted by atomic mass is 16.1. The van der Waals surface area contributed by atoms with E-state index in [1.165, 1.54) is 0 Å². The molecule has 0 aromatic heterocycles. The molecule has 18 heavy (non-hydrogen) atoms. The molecule has 2 aromatic carbocycles. The molecule has 0 radical (unpaired) electrons. The van der Waals surface area contributed by atoms with E-state index in [1.807, 2.05) is 48.5 Å². The fourth-order valence-electron chi connectivity index (χ4n) is 2.59. The predicted molar refractivity (Wildman–Crippen MR) is 73.4 cm³/mol. The zero-order valence-corrected chi connectivity index (χ0v) is 9.89. The molecule has 88 valence electrons. The lowest BCUT2D eigenvalue weighted by molar-refractivity contribution is 0.0986. The Morgan fingerprint density at radius 2 is 1.72 bits per heavy atom. The van der Waals surface area contributed by atoms with Gasteiger partial charge in [-0.2, -0.15) is 0 Å². The number of carbonyl (C=O) groups is 1. The molecule has 0 amide bonds. The van der Waals surface area contributed by atoms with Crippen molar-refractivity contribution in [3.05, 3.63) is 71.8 Å². The molecule has 0 aliphatic heterocycles. The van der Waals surface area contributed by atoms with Crippen molar-refractivity contribution in [2.45, 2.75) is 5.92 Å². The maximum Gasteiger partial charge on any atom is 0.175 e. The Labute approximate surface area is 106 Å². The van der Waals surface area contributed by atoms with Crippen LogP contribution >= 0.6 is 0 Å². The average molecular weight is 235 g/mol. The van der Waals surface area contributed by atoms with Crippen LogP contribution in [0.3, 0.4) is 0 Å². The van der Waals surface area contributed by atoms with E-state index in [0.717, 1.165) is 16.7 Å². The molecule has 1 aliphatic rings. The number of Topliss-reactive ketones (excluding diaryl/α,β-unsaturated/α-hetero) is 1. The van der Waals surface area contributed by atoms with Crippen molar-refractivity contribution in [2.75, 3.05) is 5.73 Å². The van der Waals surface area contributed by atoms with E-state index in [1.54, 1.807) is 0 Å². The Bertz CT molecular complexity index is 643. The van der Waals surface area contributed by atoms with Gasteiger partial charge in [-0.05, 0) is 17.2 Å². The molecule has 0 saturated heterocycles. The summed E-state index contributed by atoms with van der Waals surface area (Å²) >= 11 is 0. The molecule has 2 heteroatoms. The van der Waals surface area contributed by atoms with E-state index in [0.29, 0.717) is 11.3 Å². The van der Waals surface area contributed by atoms with Crippen LogP contribution < -0.4 is 5.73 Å². The third-order valence-electron chi connectivity index (χ3n) is 3.43. The number of fused-ring (bicyclic) bond motifs is 1. The zero-order valence-electron chi connectivity index (χ0n) is 9.89. The van der Waals surface area contributed by atoms with Crippen LogP contribution in [0.25, 0.3) is 5.57 Å². The molecule has 0 heterocycles. The summed E-state index contributed by atoms with van der Waals surface area (Å²) in [6.07, 6.45) is 0. The summed E-state index contributed by atoms with van der Waals surface area (Å²) in [7, 11) is 0. The van der Waals surface area contributed by atoms with Gasteiger partial charge in [-0.25, -0.2) is 0 Å². The van der Waals surface area contributed by atoms with Gasteiger partial charge in [-0.3, -0.25) is 4.79 Å². The number of anilines is 1. The smallest absolute Gasteiger partial charge is 0.175 e. The lowest BCUT2D eigenvalue weighted by Crippen LogP contribution is -2.05. The van der Waals surface area contributed by atoms with E-state index < -0.39 is 0 Å². The zero-order chi connectivity index (χ0) is 12.7. The number of nitrogen functional groups attached to an aromatic ring is 1. The molecule has 2 N–H and O–H groups in total. The minimum absolute atomic E-state index is 0.0912. The highest BCUT2D eigenvalue weighted by Crippen LogP contribution is 2.44. The van der Waals surface area contributed by atoms with Crippen LogP contribution in [0.2, 0.25) is 0 Å². The Balaban J connectivity index is 2.17. The van der Waals surface area contributed by atoms with E-state index in [4.69, 9.17) is 5.73 Å². The highest BCUT2D eigenvalue weighted by molar-refractivity contribution is 6.18. The van der Waals surface area contributed by atoms with Gasteiger partial charge in [0.1, 0.15) is 0 Å². The van der Waals surface area contributed by atoms with E-state index in [9.17, 15) is 4.79 Å². The van der Waals surface area contributed by atoms with Gasteiger partial charge in [0.25, 0.3) is 0 Å². The molecule has 3 rings (SSSR count). The van der Waals surface area contributed by atoms with Crippen LogP contribution in [0.15, 0.2) is 55.1 Å². The van der Waals surface area contributed by atoms with Gasteiger partial charge in [0.15, 0.2) is 5.78 Å². The highest BCUT2D eigenvalue weighted by Gasteiger charge is 2.35. The molecule has 0 fully saturated rings. The molecule has 0 spiro atoms. The number of carbonyl (C=O) groups excluding carboxylic acids is 1. The molecular formula is C16H13NO. The number of benzene rings is 2. The second-order valence-electron chi connectivity index (χ2n) is 4.50. The van der Waals surface area contributed by atoms with Gasteiger partial charge in [-0.1, -0.05) is 49.0 Å². The van der Waals surface area contributed by atoms with Crippen LogP contribution in [-0.4, -0.2) is 5.78 Å². The maximum absolute atomic E-state index is 12.4. The summed E-state index contributed by atoms with van der Waals surface area (Å²) in [5.41, 5.74) is 9.87. The Morgan fingerprint density at radius 3 is 2.39 bits per heavy atom. The first kappa shape index (κ1) is 10.8. The van der Waals surface area contributed by atoms with E-state index in [2.05, 4.69) is 6.58 Å².